The van der Waals surface area contributed by atoms with Crippen LogP contribution >= 0.6 is 0 Å². The second-order valence-corrected chi connectivity index (χ2v) is 4.02. The van der Waals surface area contributed by atoms with Crippen LogP contribution in [0, 0.1) is 0 Å². The fourth-order valence-electron chi connectivity index (χ4n) is 1.77. The average molecular weight is 226 g/mol. The Hall–Kier alpha value is -0.910. The van der Waals surface area contributed by atoms with E-state index < -0.39 is 0 Å². The first kappa shape index (κ1) is 13.2. The van der Waals surface area contributed by atoms with Crippen LogP contribution < -0.4 is 11.1 Å². The molecule has 1 rings (SSSR count). The highest BCUT2D eigenvalue weighted by Gasteiger charge is 2.15. The third kappa shape index (κ3) is 3.59. The van der Waals surface area contributed by atoms with Gasteiger partial charge in [0.15, 0.2) is 0 Å². The van der Waals surface area contributed by atoms with E-state index in [0.29, 0.717) is 12.6 Å². The number of aryl methyl sites for hydroxylation is 1. The maximum Gasteiger partial charge on any atom is 0.0538 e. The third-order valence-corrected chi connectivity index (χ3v) is 2.77. The Morgan fingerprint density at radius 1 is 1.62 bits per heavy atom. The lowest BCUT2D eigenvalue weighted by Crippen LogP contribution is -2.36. The van der Waals surface area contributed by atoms with E-state index >= 15 is 0 Å². The van der Waals surface area contributed by atoms with Crippen LogP contribution in [0.25, 0.3) is 0 Å². The second kappa shape index (κ2) is 6.62. The largest absolute Gasteiger partial charge is 0.396 e. The van der Waals surface area contributed by atoms with E-state index in [4.69, 9.17) is 10.8 Å². The fraction of sp³-hybridized carbons (Fsp3) is 0.727. The van der Waals surface area contributed by atoms with Crippen molar-refractivity contribution < 1.29 is 5.11 Å². The predicted molar refractivity (Wildman–Crippen MR) is 63.9 cm³/mol. The molecule has 0 aliphatic carbocycles. The van der Waals surface area contributed by atoms with E-state index in [9.17, 15) is 0 Å². The van der Waals surface area contributed by atoms with Crippen molar-refractivity contribution in [3.63, 3.8) is 0 Å². The first-order valence-corrected chi connectivity index (χ1v) is 5.76. The molecule has 5 heteroatoms. The lowest BCUT2D eigenvalue weighted by Gasteiger charge is -2.22. The first-order valence-electron chi connectivity index (χ1n) is 5.76. The van der Waals surface area contributed by atoms with Gasteiger partial charge in [0.1, 0.15) is 0 Å². The highest BCUT2D eigenvalue weighted by Crippen LogP contribution is 2.12. The van der Waals surface area contributed by atoms with Crippen LogP contribution in [-0.2, 0) is 7.05 Å². The zero-order valence-electron chi connectivity index (χ0n) is 10.1. The molecule has 2 atom stereocenters. The van der Waals surface area contributed by atoms with E-state index in [0.717, 1.165) is 18.4 Å². The standard InChI is InChI=1S/C11H22N4O/c1-3-10(4-5-16)14-11(6-12)9-7-13-15(2)8-9/h7-8,10-11,14,16H,3-6,12H2,1-2H3. The number of nitrogens with two attached hydrogens (primary N) is 1. The van der Waals surface area contributed by atoms with Crippen molar-refractivity contribution in [3.8, 4) is 0 Å². The highest BCUT2D eigenvalue weighted by molar-refractivity contribution is 5.11. The van der Waals surface area contributed by atoms with Crippen LogP contribution in [0.2, 0.25) is 0 Å². The van der Waals surface area contributed by atoms with Gasteiger partial charge < -0.3 is 16.2 Å². The van der Waals surface area contributed by atoms with Crippen LogP contribution in [-0.4, -0.2) is 34.1 Å². The highest BCUT2D eigenvalue weighted by atomic mass is 16.3. The molecule has 0 aliphatic rings. The fourth-order valence-corrected chi connectivity index (χ4v) is 1.77. The smallest absolute Gasteiger partial charge is 0.0538 e. The van der Waals surface area contributed by atoms with Gasteiger partial charge in [-0.25, -0.2) is 0 Å². The predicted octanol–water partition coefficient (Wildman–Crippen LogP) is 0.171. The summed E-state index contributed by atoms with van der Waals surface area (Å²) in [5.41, 5.74) is 6.85. The number of aliphatic hydroxyl groups is 1. The molecule has 16 heavy (non-hydrogen) atoms. The van der Waals surface area contributed by atoms with E-state index in [1.165, 1.54) is 0 Å². The number of nitrogens with one attached hydrogen (secondary N) is 1. The maximum absolute atomic E-state index is 8.94. The van der Waals surface area contributed by atoms with Crippen LogP contribution in [0.3, 0.4) is 0 Å². The second-order valence-electron chi connectivity index (χ2n) is 4.02. The van der Waals surface area contributed by atoms with Crippen molar-refractivity contribution in [3.05, 3.63) is 18.0 Å². The minimum absolute atomic E-state index is 0.116. The molecule has 0 radical (unpaired) electrons. The molecule has 5 nitrogen and oxygen atoms in total. The van der Waals surface area contributed by atoms with E-state index in [-0.39, 0.29) is 12.6 Å². The SMILES string of the molecule is CCC(CCO)NC(CN)c1cnn(C)c1. The van der Waals surface area contributed by atoms with Crippen molar-refractivity contribution in [2.24, 2.45) is 12.8 Å². The number of nitrogens with zero attached hydrogens (tertiary/aromatic N) is 2. The molecule has 1 heterocycles. The summed E-state index contributed by atoms with van der Waals surface area (Å²) in [6, 6.07) is 0.420. The molecule has 0 bridgehead atoms. The zero-order valence-corrected chi connectivity index (χ0v) is 10.1. The lowest BCUT2D eigenvalue weighted by atomic mass is 10.1. The van der Waals surface area contributed by atoms with E-state index in [1.54, 1.807) is 4.68 Å². The van der Waals surface area contributed by atoms with Gasteiger partial charge in [-0.2, -0.15) is 5.10 Å². The number of rotatable bonds is 7. The Bertz CT molecular complexity index is 300. The van der Waals surface area contributed by atoms with Gasteiger partial charge in [-0.15, -0.1) is 0 Å². The minimum Gasteiger partial charge on any atom is -0.396 e. The normalized spacial score (nSPS) is 15.0. The summed E-state index contributed by atoms with van der Waals surface area (Å²) < 4.78 is 1.77. The molecule has 0 aromatic carbocycles. The summed E-state index contributed by atoms with van der Waals surface area (Å²) in [6.07, 6.45) is 5.54. The van der Waals surface area contributed by atoms with Crippen molar-refractivity contribution in [2.75, 3.05) is 13.2 Å². The van der Waals surface area contributed by atoms with Gasteiger partial charge in [0.05, 0.1) is 6.20 Å². The molecule has 1 aromatic heterocycles. The molecule has 0 amide bonds. The maximum atomic E-state index is 8.94. The molecule has 4 N–H and O–H groups in total. The van der Waals surface area contributed by atoms with Crippen LogP contribution in [0.4, 0.5) is 0 Å². The van der Waals surface area contributed by atoms with Crippen LogP contribution in [0.1, 0.15) is 31.4 Å². The quantitative estimate of drug-likeness (QED) is 0.619. The van der Waals surface area contributed by atoms with E-state index in [1.807, 2.05) is 19.4 Å². The van der Waals surface area contributed by atoms with Crippen LogP contribution in [0.5, 0.6) is 0 Å². The monoisotopic (exact) mass is 226 g/mol. The van der Waals surface area contributed by atoms with Gasteiger partial charge in [-0.1, -0.05) is 6.92 Å². The molecule has 1 aromatic rings. The molecule has 2 unspecified atom stereocenters. The third-order valence-electron chi connectivity index (χ3n) is 2.77. The van der Waals surface area contributed by atoms with Crippen molar-refractivity contribution in [1.82, 2.24) is 15.1 Å². The number of aromatic nitrogens is 2. The molecule has 0 aliphatic heterocycles. The molecule has 0 fully saturated rings. The summed E-state index contributed by atoms with van der Waals surface area (Å²) >= 11 is 0. The summed E-state index contributed by atoms with van der Waals surface area (Å²) in [4.78, 5) is 0. The van der Waals surface area contributed by atoms with Crippen molar-refractivity contribution >= 4 is 0 Å². The minimum atomic E-state index is 0.116. The Kier molecular flexibility index (Phi) is 5.45. The molecular weight excluding hydrogens is 204 g/mol. The zero-order chi connectivity index (χ0) is 12.0. The van der Waals surface area contributed by atoms with Crippen LogP contribution in [0.15, 0.2) is 12.4 Å². The van der Waals surface area contributed by atoms with Gasteiger partial charge in [-0.3, -0.25) is 4.68 Å². The Morgan fingerprint density at radius 2 is 2.38 bits per heavy atom. The van der Waals surface area contributed by atoms with Gasteiger partial charge in [-0.05, 0) is 12.8 Å². The molecule has 0 saturated heterocycles. The van der Waals surface area contributed by atoms with Gasteiger partial charge in [0, 0.05) is 44.0 Å². The number of aliphatic hydroxyl groups excluding tert-OH is 1. The Morgan fingerprint density at radius 3 is 2.81 bits per heavy atom. The first-order chi connectivity index (χ1) is 7.71. The van der Waals surface area contributed by atoms with Crippen molar-refractivity contribution in [1.29, 1.82) is 0 Å². The van der Waals surface area contributed by atoms with Crippen molar-refractivity contribution in [2.45, 2.75) is 31.8 Å². The number of hydrogen-bond donors (Lipinski definition) is 3. The number of hydrogen-bond acceptors (Lipinski definition) is 4. The van der Waals surface area contributed by atoms with E-state index in [2.05, 4.69) is 17.3 Å². The van der Waals surface area contributed by atoms with Gasteiger partial charge in [0.2, 0.25) is 0 Å². The average Bonchev–Trinajstić information content (AvgIpc) is 2.71. The summed E-state index contributed by atoms with van der Waals surface area (Å²) in [7, 11) is 1.89. The summed E-state index contributed by atoms with van der Waals surface area (Å²) in [5, 5.41) is 16.5. The molecule has 92 valence electrons. The molecule has 0 spiro atoms. The Balaban J connectivity index is 2.60. The van der Waals surface area contributed by atoms with Gasteiger partial charge in [0.25, 0.3) is 0 Å². The molecule has 0 saturated carbocycles. The lowest BCUT2D eigenvalue weighted by molar-refractivity contribution is 0.256. The summed E-state index contributed by atoms with van der Waals surface area (Å²) in [5.74, 6) is 0. The topological polar surface area (TPSA) is 76.1 Å². The molecular formula is C11H22N4O. The Labute approximate surface area is 96.6 Å². The van der Waals surface area contributed by atoms with Gasteiger partial charge >= 0.3 is 0 Å². The summed E-state index contributed by atoms with van der Waals surface area (Å²) in [6.45, 7) is 2.84.